The van der Waals surface area contributed by atoms with Crippen LogP contribution < -0.4 is 10.9 Å². The molecule has 1 heterocycles. The van der Waals surface area contributed by atoms with E-state index in [9.17, 15) is 9.59 Å². The molecule has 2 aromatic carbocycles. The van der Waals surface area contributed by atoms with Gasteiger partial charge in [-0.25, -0.2) is 0 Å². The standard InChI is InChI=1S/C16H10Cl4N6O2/c17-9-1-2-12(13(20)6-9)16(28)23-21-14(27)7-26-24-15(22-25-26)8-3-10(18)5-11(19)4-8/h1-6H,7H2,(H,21,27)(H,23,28). The molecule has 0 atom stereocenters. The van der Waals surface area contributed by atoms with Crippen molar-refractivity contribution in [3.8, 4) is 11.4 Å². The SMILES string of the molecule is O=C(Cn1nnc(-c2cc(Cl)cc(Cl)c2)n1)NNC(=O)c1ccc(Cl)cc1Cl. The lowest BCUT2D eigenvalue weighted by atomic mass is 10.2. The number of carbonyl (C=O) groups excluding carboxylic acids is 2. The van der Waals surface area contributed by atoms with Gasteiger partial charge in [0.15, 0.2) is 0 Å². The van der Waals surface area contributed by atoms with Crippen molar-refractivity contribution < 1.29 is 9.59 Å². The number of hydrogen-bond acceptors (Lipinski definition) is 5. The molecule has 0 aliphatic carbocycles. The molecule has 2 N–H and O–H groups in total. The fourth-order valence-corrected chi connectivity index (χ4v) is 3.16. The molecule has 2 amide bonds. The first-order chi connectivity index (χ1) is 13.3. The van der Waals surface area contributed by atoms with Crippen molar-refractivity contribution in [3.05, 3.63) is 62.1 Å². The molecule has 144 valence electrons. The van der Waals surface area contributed by atoms with Crippen LogP contribution in [0.5, 0.6) is 0 Å². The largest absolute Gasteiger partial charge is 0.271 e. The first kappa shape index (κ1) is 20.3. The fourth-order valence-electron chi connectivity index (χ4n) is 2.14. The Morgan fingerprint density at radius 2 is 1.64 bits per heavy atom. The lowest BCUT2D eigenvalue weighted by molar-refractivity contribution is -0.122. The molecule has 0 radical (unpaired) electrons. The number of halogens is 4. The van der Waals surface area contributed by atoms with E-state index in [1.165, 1.54) is 18.2 Å². The van der Waals surface area contributed by atoms with Crippen LogP contribution in [0.15, 0.2) is 36.4 Å². The minimum absolute atomic E-state index is 0.155. The molecule has 0 saturated heterocycles. The summed E-state index contributed by atoms with van der Waals surface area (Å²) < 4.78 is 0. The average Bonchev–Trinajstić information content (AvgIpc) is 3.07. The number of amides is 2. The molecule has 0 unspecified atom stereocenters. The van der Waals surface area contributed by atoms with Gasteiger partial charge >= 0.3 is 0 Å². The molecule has 0 bridgehead atoms. The highest BCUT2D eigenvalue weighted by Crippen LogP contribution is 2.24. The monoisotopic (exact) mass is 458 g/mol. The van der Waals surface area contributed by atoms with Crippen LogP contribution in [-0.4, -0.2) is 32.0 Å². The Kier molecular flexibility index (Phi) is 6.35. The van der Waals surface area contributed by atoms with E-state index < -0.39 is 11.8 Å². The summed E-state index contributed by atoms with van der Waals surface area (Å²) in [5.41, 5.74) is 5.19. The average molecular weight is 460 g/mol. The van der Waals surface area contributed by atoms with Gasteiger partial charge in [-0.3, -0.25) is 20.4 Å². The summed E-state index contributed by atoms with van der Waals surface area (Å²) in [5.74, 6) is -0.934. The number of benzene rings is 2. The first-order valence-corrected chi connectivity index (χ1v) is 9.11. The molecule has 1 aromatic heterocycles. The Morgan fingerprint density at radius 1 is 0.929 bits per heavy atom. The lowest BCUT2D eigenvalue weighted by Crippen LogP contribution is -2.43. The summed E-state index contributed by atoms with van der Waals surface area (Å²) >= 11 is 23.6. The number of nitrogens with one attached hydrogen (secondary N) is 2. The van der Waals surface area contributed by atoms with E-state index in [0.717, 1.165) is 4.80 Å². The normalized spacial score (nSPS) is 10.6. The molecule has 12 heteroatoms. The predicted octanol–water partition coefficient (Wildman–Crippen LogP) is 3.41. The number of aromatic nitrogens is 4. The van der Waals surface area contributed by atoms with Crippen molar-refractivity contribution in [2.75, 3.05) is 0 Å². The minimum Gasteiger partial charge on any atom is -0.271 e. The molecule has 8 nitrogen and oxygen atoms in total. The number of carbonyl (C=O) groups is 2. The Labute approximate surface area is 178 Å². The number of nitrogens with zero attached hydrogens (tertiary/aromatic N) is 4. The quantitative estimate of drug-likeness (QED) is 0.582. The van der Waals surface area contributed by atoms with Crippen LogP contribution in [0.1, 0.15) is 10.4 Å². The van der Waals surface area contributed by atoms with Gasteiger partial charge < -0.3 is 0 Å². The van der Waals surface area contributed by atoms with Gasteiger partial charge in [-0.1, -0.05) is 46.4 Å². The van der Waals surface area contributed by atoms with Crippen molar-refractivity contribution in [3.63, 3.8) is 0 Å². The Balaban J connectivity index is 1.59. The van der Waals surface area contributed by atoms with Crippen LogP contribution in [0.4, 0.5) is 0 Å². The molecule has 28 heavy (non-hydrogen) atoms. The van der Waals surface area contributed by atoms with Crippen molar-refractivity contribution in [2.24, 2.45) is 0 Å². The smallest absolute Gasteiger partial charge is 0.271 e. The highest BCUT2D eigenvalue weighted by Gasteiger charge is 2.14. The maximum atomic E-state index is 12.1. The van der Waals surface area contributed by atoms with Crippen LogP contribution in [-0.2, 0) is 11.3 Å². The van der Waals surface area contributed by atoms with Crippen LogP contribution in [0, 0.1) is 0 Å². The number of hydrazine groups is 1. The first-order valence-electron chi connectivity index (χ1n) is 7.60. The van der Waals surface area contributed by atoms with E-state index in [1.807, 2.05) is 0 Å². The second-order valence-corrected chi connectivity index (χ2v) is 7.14. The summed E-state index contributed by atoms with van der Waals surface area (Å²) in [5, 5.41) is 13.1. The van der Waals surface area contributed by atoms with E-state index >= 15 is 0 Å². The molecular weight excluding hydrogens is 450 g/mol. The second kappa shape index (κ2) is 8.74. The van der Waals surface area contributed by atoms with Crippen LogP contribution in [0.3, 0.4) is 0 Å². The maximum Gasteiger partial charge on any atom is 0.271 e. The van der Waals surface area contributed by atoms with Crippen LogP contribution in [0.2, 0.25) is 20.1 Å². The van der Waals surface area contributed by atoms with Crippen molar-refractivity contribution >= 4 is 58.2 Å². The van der Waals surface area contributed by atoms with Gasteiger partial charge in [-0.2, -0.15) is 4.80 Å². The number of hydrogen-bond donors (Lipinski definition) is 2. The molecule has 0 fully saturated rings. The molecule has 3 rings (SSSR count). The third kappa shape index (κ3) is 5.11. The fraction of sp³-hybridized carbons (Fsp3) is 0.0625. The highest BCUT2D eigenvalue weighted by molar-refractivity contribution is 6.36. The van der Waals surface area contributed by atoms with Crippen LogP contribution in [0.25, 0.3) is 11.4 Å². The number of tetrazole rings is 1. The molecule has 0 aliphatic heterocycles. The van der Waals surface area contributed by atoms with Crippen molar-refractivity contribution in [2.45, 2.75) is 6.54 Å². The van der Waals surface area contributed by atoms with Crippen molar-refractivity contribution in [1.29, 1.82) is 0 Å². The summed E-state index contributed by atoms with van der Waals surface area (Å²) in [4.78, 5) is 25.1. The van der Waals surface area contributed by atoms with Gasteiger partial charge in [0.25, 0.3) is 11.8 Å². The number of rotatable bonds is 4. The van der Waals surface area contributed by atoms with Crippen LogP contribution >= 0.6 is 46.4 Å². The van der Waals surface area contributed by atoms with E-state index in [2.05, 4.69) is 26.3 Å². The van der Waals surface area contributed by atoms with Gasteiger partial charge in [0.05, 0.1) is 10.6 Å². The highest BCUT2D eigenvalue weighted by atomic mass is 35.5. The third-order valence-electron chi connectivity index (χ3n) is 3.35. The maximum absolute atomic E-state index is 12.1. The molecule has 0 spiro atoms. The zero-order chi connectivity index (χ0) is 20.3. The Hall–Kier alpha value is -2.39. The molecule has 0 saturated carbocycles. The summed E-state index contributed by atoms with van der Waals surface area (Å²) in [7, 11) is 0. The lowest BCUT2D eigenvalue weighted by Gasteiger charge is -2.08. The zero-order valence-electron chi connectivity index (χ0n) is 13.8. The van der Waals surface area contributed by atoms with Gasteiger partial charge in [-0.05, 0) is 41.6 Å². The summed E-state index contributed by atoms with van der Waals surface area (Å²) in [6, 6.07) is 9.17. The Morgan fingerprint density at radius 3 is 2.32 bits per heavy atom. The zero-order valence-corrected chi connectivity index (χ0v) is 16.8. The second-order valence-electron chi connectivity index (χ2n) is 5.43. The van der Waals surface area contributed by atoms with E-state index in [-0.39, 0.29) is 23.0 Å². The minimum atomic E-state index is -0.601. The van der Waals surface area contributed by atoms with Gasteiger partial charge in [-0.15, -0.1) is 10.2 Å². The van der Waals surface area contributed by atoms with E-state index in [0.29, 0.717) is 20.6 Å². The van der Waals surface area contributed by atoms with Gasteiger partial charge in [0.1, 0.15) is 6.54 Å². The van der Waals surface area contributed by atoms with E-state index in [4.69, 9.17) is 46.4 Å². The molecule has 3 aromatic rings. The van der Waals surface area contributed by atoms with Crippen molar-refractivity contribution in [1.82, 2.24) is 31.1 Å². The van der Waals surface area contributed by atoms with E-state index in [1.54, 1.807) is 18.2 Å². The van der Waals surface area contributed by atoms with Gasteiger partial charge in [0.2, 0.25) is 5.82 Å². The predicted molar refractivity (Wildman–Crippen MR) is 105 cm³/mol. The third-order valence-corrected chi connectivity index (χ3v) is 4.33. The topological polar surface area (TPSA) is 102 Å². The summed E-state index contributed by atoms with van der Waals surface area (Å²) in [6.45, 7) is -0.282. The molecule has 0 aliphatic rings. The molecular formula is C16H10Cl4N6O2. The van der Waals surface area contributed by atoms with Gasteiger partial charge in [0, 0.05) is 20.6 Å². The Bertz CT molecular complexity index is 1040. The summed E-state index contributed by atoms with van der Waals surface area (Å²) in [6.07, 6.45) is 0.